The number of esters is 1. The van der Waals surface area contributed by atoms with Gasteiger partial charge in [0.1, 0.15) is 0 Å². The van der Waals surface area contributed by atoms with E-state index in [1.807, 2.05) is 119 Å². The maximum absolute atomic E-state index is 11.8. The number of amides is 5. The number of anilines is 3. The molecular formula is C106H221F4I2N5O9Si10. The van der Waals surface area contributed by atoms with Crippen LogP contribution < -0.4 is 35.6 Å². The first-order valence-electron chi connectivity index (χ1n) is 50.1. The first-order chi connectivity index (χ1) is 61.1. The number of hydrogen-bond acceptors (Lipinski definition) is 9. The second kappa shape index (κ2) is 87.4. The van der Waals surface area contributed by atoms with Crippen LogP contribution in [-0.4, -0.2) is 194 Å². The summed E-state index contributed by atoms with van der Waals surface area (Å²) in [5.74, 6) is 1.15. The predicted octanol–water partition coefficient (Wildman–Crippen LogP) is 33.0. The number of para-hydroxylation sites is 2. The number of carbonyl (C=O) groups is 6. The summed E-state index contributed by atoms with van der Waals surface area (Å²) in [5, 5.41) is 7.14. The van der Waals surface area contributed by atoms with Crippen molar-refractivity contribution >= 4 is 195 Å². The molecule has 4 rings (SSSR count). The van der Waals surface area contributed by atoms with Crippen LogP contribution in [0.4, 0.5) is 34.6 Å². The van der Waals surface area contributed by atoms with Crippen molar-refractivity contribution in [2.24, 2.45) is 5.92 Å². The largest absolute Gasteiger partial charge is 0.466 e. The molecule has 0 fully saturated rings. The first-order valence-corrected chi connectivity index (χ1v) is 87.1. The SMILES string of the molecule is CCC.CCC(C)(C)I.CCC(C)C.CCC(C)I.CCC(F)(F)F.CCC[Si](C)(C)CN(C(C)=O)c1ccccc1.CCC[Si](C)(C)c1cccc(N(C)C(C)=O)c1.CCN(C(C)=O)c1ccccc1.CCN(C)C(C)=O.CCNC(C)=O.CCOC(C)=O.CC[Si](C)(C)C.CC[Si](C)(C)O.CF.C[Si](C)(C)C[Si](C)(C)C.C[Si](C)(C)O[Si](C)(C)C.C[Si](C)(C)c1ccc([Si](C)(C)C)cc1. The van der Waals surface area contributed by atoms with Crippen molar-refractivity contribution in [2.75, 3.05) is 68.4 Å². The van der Waals surface area contributed by atoms with E-state index in [9.17, 15) is 46.3 Å². The molecule has 0 aliphatic rings. The first kappa shape index (κ1) is 161. The molecule has 0 aliphatic carbocycles. The number of halogens is 6. The van der Waals surface area contributed by atoms with Gasteiger partial charge in [-0.05, 0) is 141 Å². The van der Waals surface area contributed by atoms with Gasteiger partial charge in [-0.2, -0.15) is 13.2 Å². The molecule has 1 unspecified atom stereocenters. The highest BCUT2D eigenvalue weighted by Gasteiger charge is 2.29. The molecule has 2 N–H and O–H groups in total. The Hall–Kier alpha value is -3.03. The molecule has 0 heterocycles. The fourth-order valence-corrected chi connectivity index (χ4v) is 37.9. The zero-order valence-corrected chi connectivity index (χ0v) is 113. The van der Waals surface area contributed by atoms with E-state index in [0.717, 1.165) is 65.7 Å². The van der Waals surface area contributed by atoms with Gasteiger partial charge in [0, 0.05) is 136 Å². The van der Waals surface area contributed by atoms with Crippen LogP contribution in [0.3, 0.4) is 0 Å². The van der Waals surface area contributed by atoms with Gasteiger partial charge in [-0.1, -0.05) is 411 Å². The number of rotatable bonds is 25. The van der Waals surface area contributed by atoms with Gasteiger partial charge in [0.15, 0.2) is 25.0 Å². The highest BCUT2D eigenvalue weighted by Crippen LogP contribution is 2.24. The molecule has 0 aliphatic heterocycles. The third-order valence-corrected chi connectivity index (χ3v) is 48.4. The Labute approximate surface area is 879 Å². The van der Waals surface area contributed by atoms with Crippen LogP contribution >= 0.6 is 45.2 Å². The Bertz CT molecular complexity index is 3320. The molecule has 0 saturated carbocycles. The Morgan fingerprint density at radius 2 is 0.772 bits per heavy atom. The molecule has 4 aromatic rings. The minimum absolute atomic E-state index is 0.0394. The molecular weight excluding hydrogens is 2100 g/mol. The number of hydrogen-bond donors (Lipinski definition) is 2. The third-order valence-electron chi connectivity index (χ3n) is 18.7. The fraction of sp³-hybridized carbons (Fsp3) is 0.717. The van der Waals surface area contributed by atoms with Crippen molar-refractivity contribution in [2.45, 2.75) is 438 Å². The Morgan fingerprint density at radius 3 is 0.926 bits per heavy atom. The molecule has 30 heteroatoms. The zero-order valence-electron chi connectivity index (χ0n) is 98.8. The van der Waals surface area contributed by atoms with Gasteiger partial charge in [-0.3, -0.25) is 33.2 Å². The molecule has 0 radical (unpaired) electrons. The van der Waals surface area contributed by atoms with Crippen molar-refractivity contribution in [3.05, 3.63) is 109 Å². The maximum Gasteiger partial charge on any atom is 0.388 e. The Balaban J connectivity index is -0.000000110. The number of ether oxygens (including phenoxy) is 1. The van der Waals surface area contributed by atoms with Gasteiger partial charge in [0.25, 0.3) is 0 Å². The highest BCUT2D eigenvalue weighted by atomic mass is 127. The summed E-state index contributed by atoms with van der Waals surface area (Å²) >= 11 is 4.85. The van der Waals surface area contributed by atoms with E-state index in [-0.39, 0.29) is 35.5 Å². The van der Waals surface area contributed by atoms with E-state index in [4.69, 9.17) is 8.91 Å². The molecule has 4 aromatic carbocycles. The van der Waals surface area contributed by atoms with Crippen LogP contribution in [0, 0.1) is 5.92 Å². The maximum atomic E-state index is 11.8. The normalized spacial score (nSPS) is 11.2. The lowest BCUT2D eigenvalue weighted by Crippen LogP contribution is -2.44. The monoisotopic (exact) mass is 2320 g/mol. The summed E-state index contributed by atoms with van der Waals surface area (Å²) in [6.07, 6.45) is 3.77. The van der Waals surface area contributed by atoms with Gasteiger partial charge < -0.3 is 38.6 Å². The van der Waals surface area contributed by atoms with Crippen molar-refractivity contribution < 1.29 is 60.0 Å². The molecule has 806 valence electrons. The van der Waals surface area contributed by atoms with Gasteiger partial charge in [0.05, 0.1) is 46.1 Å². The summed E-state index contributed by atoms with van der Waals surface area (Å²) in [4.78, 5) is 80.3. The van der Waals surface area contributed by atoms with Crippen LogP contribution in [0.5, 0.6) is 0 Å². The van der Waals surface area contributed by atoms with Crippen molar-refractivity contribution in [3.63, 3.8) is 0 Å². The Kier molecular flexibility index (Phi) is 103. The summed E-state index contributed by atoms with van der Waals surface area (Å²) in [7, 11) is -6.91. The lowest BCUT2D eigenvalue weighted by atomic mass is 10.2. The van der Waals surface area contributed by atoms with E-state index in [2.05, 4.69) is 351 Å². The van der Waals surface area contributed by atoms with Crippen LogP contribution in [0.25, 0.3) is 0 Å². The number of nitrogens with one attached hydrogen (secondary N) is 1. The second-order valence-corrected chi connectivity index (χ2v) is 101. The van der Waals surface area contributed by atoms with E-state index < -0.39 is 94.1 Å². The molecule has 136 heavy (non-hydrogen) atoms. The number of carbonyl (C=O) groups excluding carboxylic acids is 6. The summed E-state index contributed by atoms with van der Waals surface area (Å²) in [6.45, 7) is 115. The molecule has 5 amide bonds. The van der Waals surface area contributed by atoms with Crippen molar-refractivity contribution in [3.8, 4) is 0 Å². The zero-order chi connectivity index (χ0) is 111. The predicted molar refractivity (Wildman–Crippen MR) is 653 cm³/mol. The lowest BCUT2D eigenvalue weighted by Gasteiger charge is -2.30. The Morgan fingerprint density at radius 1 is 0.456 bits per heavy atom. The van der Waals surface area contributed by atoms with E-state index in [0.29, 0.717) is 17.2 Å². The fourth-order valence-electron chi connectivity index (χ4n) is 10.1. The van der Waals surface area contributed by atoms with Gasteiger partial charge in [0.2, 0.25) is 29.5 Å². The van der Waals surface area contributed by atoms with Gasteiger partial charge >= 0.3 is 12.1 Å². The van der Waals surface area contributed by atoms with Crippen molar-refractivity contribution in [1.29, 1.82) is 0 Å². The quantitative estimate of drug-likeness (QED) is 0.0216. The highest BCUT2D eigenvalue weighted by molar-refractivity contribution is 14.1. The number of benzene rings is 4. The van der Waals surface area contributed by atoms with E-state index >= 15 is 0 Å². The summed E-state index contributed by atoms with van der Waals surface area (Å²) in [5.41, 5.74) is 4.57. The molecule has 1 atom stereocenters. The lowest BCUT2D eigenvalue weighted by molar-refractivity contribution is -0.140. The molecule has 0 saturated heterocycles. The molecule has 0 spiro atoms. The number of nitrogens with zero attached hydrogens (tertiary/aromatic N) is 4. The van der Waals surface area contributed by atoms with Crippen LogP contribution in [-0.2, 0) is 37.6 Å². The van der Waals surface area contributed by atoms with Crippen molar-refractivity contribution in [1.82, 2.24) is 10.2 Å². The van der Waals surface area contributed by atoms with E-state index in [1.54, 1.807) is 72.4 Å². The van der Waals surface area contributed by atoms with Gasteiger partial charge in [-0.15, -0.1) is 0 Å². The minimum Gasteiger partial charge on any atom is -0.466 e. The summed E-state index contributed by atoms with van der Waals surface area (Å²) < 4.78 is 53.5. The van der Waals surface area contributed by atoms with Crippen LogP contribution in [0.2, 0.25) is 207 Å². The average molecular weight is 2320 g/mol. The van der Waals surface area contributed by atoms with E-state index in [1.165, 1.54) is 75.7 Å². The topological polar surface area (TPSA) is 166 Å². The molecule has 14 nitrogen and oxygen atoms in total. The standard InChI is InChI=1S/2C14H23NOSi.C12H22Si2.C10H13NO.C7H20Si2.C6H18OSi2.C5H11I.C5H11NO.C5H14Si.C5H12.C4H9I.C4H9NO.C4H8O2.C4H12OSi.C3H5F3.C3H8.CH3F/c1-6-10-17(4,5)14-9-7-8-13(11-14)15(3)12(2)16;1-5-11-17(3,4)12-15(13(2)16)14-9-7-6-8-10-14;1-13(2,3)11-7-9-12(10-8-11)14(4,5)6;1-3-11(9(2)12)10-7-5-4-6-8-10;2*1-8(2,3)7-9(4,5)6;1-4-5(2,3)6;1-4-6(3)5(2)7;1-5-6(2,3)4;1-4-5(2)3;1-3-4(2)5;1-3-5-4(2)6;1-3-6-4(2)5;1-4-6(2,3)5;1-2-3(4,5)6;1-3-2;1-2/h7-9,11H,6,10H2,1-5H3;6-10H,5,11-12H2,1-4H3;7-10H,1-6H3;4-8H,3H2,1-2H3;7H2,1-6H3;1-6H3;4H2,1-3H3;4H2,1-3H3;5H2,1-4H3;5H,4H2,1-3H3;4H,3H2,1-2H3;3H2,1-2H3,(H,5,6);3H2,1-2H3;5H,4H2,1-3H3;2H2,1H3;3H2,1-2H3;1H3. The smallest absolute Gasteiger partial charge is 0.388 e. The van der Waals surface area contributed by atoms with Gasteiger partial charge in [-0.25, -0.2) is 0 Å². The third kappa shape index (κ3) is 131. The molecule has 0 aromatic heterocycles. The average Bonchev–Trinajstić information content (AvgIpc) is 0.820. The number of alkyl halides is 6. The van der Waals surface area contributed by atoms with Crippen LogP contribution in [0.15, 0.2) is 109 Å². The van der Waals surface area contributed by atoms with Crippen LogP contribution in [0.1, 0.15) is 218 Å². The summed E-state index contributed by atoms with van der Waals surface area (Å²) in [6, 6.07) is 42.4. The second-order valence-electron chi connectivity index (χ2n) is 44.3. The minimum atomic E-state index is -3.96. The molecule has 0 bridgehead atoms.